The van der Waals surface area contributed by atoms with Gasteiger partial charge in [-0.25, -0.2) is 0 Å². The maximum Gasteiger partial charge on any atom is 0.0991 e. The molecule has 0 fully saturated rings. The van der Waals surface area contributed by atoms with Gasteiger partial charge in [-0.1, -0.05) is 12.1 Å². The summed E-state index contributed by atoms with van der Waals surface area (Å²) >= 11 is 0. The van der Waals surface area contributed by atoms with Crippen LogP contribution in [0, 0.1) is 25.2 Å². The van der Waals surface area contributed by atoms with Crippen molar-refractivity contribution < 1.29 is 5.11 Å². The third-order valence-corrected chi connectivity index (χ3v) is 3.53. The number of nitrogens with one attached hydrogen (secondary N) is 1. The van der Waals surface area contributed by atoms with Gasteiger partial charge in [0, 0.05) is 24.3 Å². The molecule has 0 spiro atoms. The summed E-state index contributed by atoms with van der Waals surface area (Å²) in [7, 11) is 0. The molecule has 0 bridgehead atoms. The summed E-state index contributed by atoms with van der Waals surface area (Å²) in [5, 5.41) is 25.7. The summed E-state index contributed by atoms with van der Waals surface area (Å²) in [6.45, 7) is 6.04. The van der Waals surface area contributed by atoms with E-state index in [0.717, 1.165) is 23.5 Å². The second-order valence-corrected chi connectivity index (χ2v) is 5.01. The van der Waals surface area contributed by atoms with Gasteiger partial charge >= 0.3 is 0 Å². The molecule has 21 heavy (non-hydrogen) atoms. The molecule has 0 amide bonds. The van der Waals surface area contributed by atoms with Gasteiger partial charge in [-0.15, -0.1) is 0 Å². The van der Waals surface area contributed by atoms with E-state index in [1.807, 2.05) is 36.7 Å². The summed E-state index contributed by atoms with van der Waals surface area (Å²) in [5.41, 5.74) is 5.00. The number of nitriles is 1. The van der Waals surface area contributed by atoms with Crippen molar-refractivity contribution >= 4 is 0 Å². The molecule has 2 aromatic rings. The van der Waals surface area contributed by atoms with Crippen LogP contribution in [0.3, 0.4) is 0 Å². The Labute approximate surface area is 124 Å². The summed E-state index contributed by atoms with van der Waals surface area (Å²) < 4.78 is 1.84. The fourth-order valence-electron chi connectivity index (χ4n) is 2.38. The lowest BCUT2D eigenvalue weighted by atomic mass is 10.1. The fourth-order valence-corrected chi connectivity index (χ4v) is 2.38. The standard InChI is InChI=1S/C16H20N4O/c1-12-16(13(2)20(19-12)6-7-21)11-18-10-15-5-3-4-14(8-15)9-17/h3-5,8,18,21H,6-7,10-11H2,1-2H3. The van der Waals surface area contributed by atoms with E-state index >= 15 is 0 Å². The molecule has 0 saturated carbocycles. The normalized spacial score (nSPS) is 10.6. The highest BCUT2D eigenvalue weighted by Gasteiger charge is 2.10. The van der Waals surface area contributed by atoms with Crippen molar-refractivity contribution in [3.05, 3.63) is 52.3 Å². The number of hydrogen-bond donors (Lipinski definition) is 2. The van der Waals surface area contributed by atoms with Crippen molar-refractivity contribution in [2.45, 2.75) is 33.5 Å². The molecule has 0 radical (unpaired) electrons. The number of aromatic nitrogens is 2. The zero-order valence-electron chi connectivity index (χ0n) is 12.4. The van der Waals surface area contributed by atoms with Crippen LogP contribution in [0.4, 0.5) is 0 Å². The van der Waals surface area contributed by atoms with Crippen molar-refractivity contribution in [3.63, 3.8) is 0 Å². The van der Waals surface area contributed by atoms with Crippen LogP contribution in [0.5, 0.6) is 0 Å². The molecule has 2 N–H and O–H groups in total. The van der Waals surface area contributed by atoms with E-state index in [-0.39, 0.29) is 6.61 Å². The molecule has 1 aromatic carbocycles. The van der Waals surface area contributed by atoms with Crippen molar-refractivity contribution in [1.82, 2.24) is 15.1 Å². The number of hydrogen-bond acceptors (Lipinski definition) is 4. The van der Waals surface area contributed by atoms with Gasteiger partial charge in [0.15, 0.2) is 0 Å². The van der Waals surface area contributed by atoms with E-state index in [0.29, 0.717) is 18.7 Å². The van der Waals surface area contributed by atoms with Crippen LogP contribution < -0.4 is 5.32 Å². The monoisotopic (exact) mass is 284 g/mol. The van der Waals surface area contributed by atoms with Crippen LogP contribution in [0.1, 0.15) is 28.1 Å². The van der Waals surface area contributed by atoms with Crippen molar-refractivity contribution in [2.24, 2.45) is 0 Å². The van der Waals surface area contributed by atoms with Crippen LogP contribution >= 0.6 is 0 Å². The molecule has 0 aliphatic heterocycles. The number of aliphatic hydroxyl groups excluding tert-OH is 1. The SMILES string of the molecule is Cc1nn(CCO)c(C)c1CNCc1cccc(C#N)c1. The number of nitrogens with zero attached hydrogens (tertiary/aromatic N) is 3. The van der Waals surface area contributed by atoms with Gasteiger partial charge in [-0.2, -0.15) is 10.4 Å². The molecule has 5 nitrogen and oxygen atoms in total. The molecule has 0 unspecified atom stereocenters. The minimum Gasteiger partial charge on any atom is -0.394 e. The van der Waals surface area contributed by atoms with Crippen LogP contribution in [0.25, 0.3) is 0 Å². The van der Waals surface area contributed by atoms with Crippen molar-refractivity contribution in [1.29, 1.82) is 5.26 Å². The smallest absolute Gasteiger partial charge is 0.0991 e. The fraction of sp³-hybridized carbons (Fsp3) is 0.375. The number of aliphatic hydroxyl groups is 1. The van der Waals surface area contributed by atoms with Crippen LogP contribution in [0.15, 0.2) is 24.3 Å². The van der Waals surface area contributed by atoms with Crippen LogP contribution in [-0.4, -0.2) is 21.5 Å². The summed E-state index contributed by atoms with van der Waals surface area (Å²) in [6.07, 6.45) is 0. The van der Waals surface area contributed by atoms with Gasteiger partial charge in [0.25, 0.3) is 0 Å². The third-order valence-electron chi connectivity index (χ3n) is 3.53. The molecule has 2 rings (SSSR count). The van der Waals surface area contributed by atoms with Crippen molar-refractivity contribution in [2.75, 3.05) is 6.61 Å². The molecule has 1 heterocycles. The Hall–Kier alpha value is -2.16. The van der Waals surface area contributed by atoms with Crippen LogP contribution in [-0.2, 0) is 19.6 Å². The van der Waals surface area contributed by atoms with E-state index in [1.165, 1.54) is 5.56 Å². The predicted molar refractivity (Wildman–Crippen MR) is 80.5 cm³/mol. The largest absolute Gasteiger partial charge is 0.394 e. The van der Waals surface area contributed by atoms with Gasteiger partial charge in [0.2, 0.25) is 0 Å². The first-order chi connectivity index (χ1) is 10.2. The van der Waals surface area contributed by atoms with Gasteiger partial charge in [-0.05, 0) is 31.5 Å². The Morgan fingerprint density at radius 2 is 2.14 bits per heavy atom. The predicted octanol–water partition coefficient (Wildman–Crippen LogP) is 1.65. The third kappa shape index (κ3) is 3.69. The highest BCUT2D eigenvalue weighted by atomic mass is 16.3. The van der Waals surface area contributed by atoms with Gasteiger partial charge in [0.1, 0.15) is 0 Å². The molecule has 0 saturated heterocycles. The second kappa shape index (κ2) is 7.02. The molecular formula is C16H20N4O. The van der Waals surface area contributed by atoms with E-state index in [4.69, 9.17) is 10.4 Å². The van der Waals surface area contributed by atoms with Gasteiger partial charge in [-0.3, -0.25) is 4.68 Å². The van der Waals surface area contributed by atoms with Gasteiger partial charge in [0.05, 0.1) is 30.5 Å². The van der Waals surface area contributed by atoms with Crippen molar-refractivity contribution in [3.8, 4) is 6.07 Å². The van der Waals surface area contributed by atoms with E-state index in [1.54, 1.807) is 6.07 Å². The minimum absolute atomic E-state index is 0.0930. The Balaban J connectivity index is 1.99. The molecule has 110 valence electrons. The Kier molecular flexibility index (Phi) is 5.09. The van der Waals surface area contributed by atoms with E-state index in [2.05, 4.69) is 16.5 Å². The minimum atomic E-state index is 0.0930. The molecular weight excluding hydrogens is 264 g/mol. The molecule has 5 heteroatoms. The maximum atomic E-state index is 9.02. The molecule has 0 aliphatic carbocycles. The average Bonchev–Trinajstić information content (AvgIpc) is 2.75. The topological polar surface area (TPSA) is 73.9 Å². The Morgan fingerprint density at radius 3 is 2.86 bits per heavy atom. The van der Waals surface area contributed by atoms with Crippen LogP contribution in [0.2, 0.25) is 0 Å². The Bertz CT molecular complexity index is 655. The lowest BCUT2D eigenvalue weighted by Gasteiger charge is -2.07. The van der Waals surface area contributed by atoms with E-state index < -0.39 is 0 Å². The quantitative estimate of drug-likeness (QED) is 0.846. The molecule has 0 atom stereocenters. The number of aryl methyl sites for hydroxylation is 1. The first-order valence-corrected chi connectivity index (χ1v) is 6.99. The Morgan fingerprint density at radius 1 is 1.33 bits per heavy atom. The maximum absolute atomic E-state index is 9.02. The summed E-state index contributed by atoms with van der Waals surface area (Å²) in [4.78, 5) is 0. The number of rotatable bonds is 6. The second-order valence-electron chi connectivity index (χ2n) is 5.01. The summed E-state index contributed by atoms with van der Waals surface area (Å²) in [6, 6.07) is 9.74. The highest BCUT2D eigenvalue weighted by molar-refractivity contribution is 5.32. The average molecular weight is 284 g/mol. The lowest BCUT2D eigenvalue weighted by Crippen LogP contribution is -2.14. The first-order valence-electron chi connectivity index (χ1n) is 6.99. The molecule has 1 aromatic heterocycles. The zero-order valence-corrected chi connectivity index (χ0v) is 12.4. The summed E-state index contributed by atoms with van der Waals surface area (Å²) in [5.74, 6) is 0. The first kappa shape index (κ1) is 15.2. The zero-order chi connectivity index (χ0) is 15.2. The van der Waals surface area contributed by atoms with Gasteiger partial charge < -0.3 is 10.4 Å². The highest BCUT2D eigenvalue weighted by Crippen LogP contribution is 2.13. The number of benzene rings is 1. The van der Waals surface area contributed by atoms with E-state index in [9.17, 15) is 0 Å². The lowest BCUT2D eigenvalue weighted by molar-refractivity contribution is 0.267. The molecule has 0 aliphatic rings.